The van der Waals surface area contributed by atoms with Crippen LogP contribution in [0.1, 0.15) is 114 Å². The predicted molar refractivity (Wildman–Crippen MR) is 233 cm³/mol. The Morgan fingerprint density at radius 1 is 0.727 bits per heavy atom. The van der Waals surface area contributed by atoms with Crippen LogP contribution in [0, 0.1) is 45.3 Å². The Kier molecular flexibility index (Phi) is 15.2. The number of rotatable bonds is 13. The summed E-state index contributed by atoms with van der Waals surface area (Å²) in [7, 11) is 0. The minimum atomic E-state index is -1.72. The van der Waals surface area contributed by atoms with Gasteiger partial charge in [-0.25, -0.2) is 0 Å². The number of Topliss-reactive ketones (excluding diaryl/α,β-unsaturated/α-hetero) is 1. The van der Waals surface area contributed by atoms with E-state index in [4.69, 9.17) is 28.4 Å². The molecule has 0 aromatic heterocycles. The lowest BCUT2D eigenvalue weighted by Crippen LogP contribution is -2.65. The summed E-state index contributed by atoms with van der Waals surface area (Å²) >= 11 is 0. The molecule has 18 heteroatoms. The van der Waals surface area contributed by atoms with Gasteiger partial charge in [-0.05, 0) is 100 Å². The Labute approximate surface area is 388 Å². The third-order valence-electron chi connectivity index (χ3n) is 18.5. The first-order valence-electron chi connectivity index (χ1n) is 24.2. The van der Waals surface area contributed by atoms with Gasteiger partial charge in [-0.1, -0.05) is 53.2 Å². The first kappa shape index (κ1) is 52.6. The predicted octanol–water partition coefficient (Wildman–Crippen LogP) is 0.180. The van der Waals surface area contributed by atoms with Gasteiger partial charge in [0.05, 0.1) is 37.1 Å². The van der Waals surface area contributed by atoms with E-state index in [1.54, 1.807) is 13.8 Å². The zero-order valence-electron chi connectivity index (χ0n) is 40.0. The van der Waals surface area contributed by atoms with Crippen LogP contribution in [0.3, 0.4) is 0 Å². The number of hydrogen-bond donors (Lipinski definition) is 11. The maximum Gasteiger partial charge on any atom is 0.187 e. The van der Waals surface area contributed by atoms with Crippen LogP contribution in [-0.4, -0.2) is 185 Å². The molecule has 3 aliphatic heterocycles. The molecule has 3 saturated heterocycles. The van der Waals surface area contributed by atoms with Gasteiger partial charge in [-0.2, -0.15) is 0 Å². The van der Waals surface area contributed by atoms with E-state index in [2.05, 4.69) is 47.6 Å². The quantitative estimate of drug-likeness (QED) is 0.110. The molecule has 24 atom stereocenters. The van der Waals surface area contributed by atoms with Gasteiger partial charge in [0.15, 0.2) is 18.9 Å². The summed E-state index contributed by atoms with van der Waals surface area (Å²) in [6.45, 7) is 16.7. The smallest absolute Gasteiger partial charge is 0.187 e. The van der Waals surface area contributed by atoms with E-state index < -0.39 is 134 Å². The van der Waals surface area contributed by atoms with Gasteiger partial charge in [-0.3, -0.25) is 4.79 Å². The number of fused-ring (bicyclic) bond motifs is 5. The lowest BCUT2D eigenvalue weighted by Gasteiger charge is -2.65. The average molecular weight is 945 g/mol. The molecule has 18 nitrogen and oxygen atoms in total. The summed E-state index contributed by atoms with van der Waals surface area (Å²) in [5, 5.41) is 116. The maximum atomic E-state index is 15.0. The van der Waals surface area contributed by atoms with Gasteiger partial charge in [0.25, 0.3) is 0 Å². The summed E-state index contributed by atoms with van der Waals surface area (Å²) in [6, 6.07) is 0. The van der Waals surface area contributed by atoms with Crippen molar-refractivity contribution in [3.05, 3.63) is 11.6 Å². The molecule has 4 aliphatic carbocycles. The molecule has 0 bridgehead atoms. The minimum absolute atomic E-state index is 0.0258. The molecule has 15 unspecified atom stereocenters. The molecule has 7 aliphatic rings. The summed E-state index contributed by atoms with van der Waals surface area (Å²) in [5.41, 5.74) is -1.86. The monoisotopic (exact) mass is 945 g/mol. The summed E-state index contributed by atoms with van der Waals surface area (Å²) in [6.07, 6.45) is -15.7. The summed E-state index contributed by atoms with van der Waals surface area (Å²) in [5.74, 6) is 0.593. The highest BCUT2D eigenvalue weighted by molar-refractivity contribution is 5.88. The van der Waals surface area contributed by atoms with Gasteiger partial charge >= 0.3 is 0 Å². The number of ether oxygens (including phenoxy) is 6. The van der Waals surface area contributed by atoms with E-state index in [1.807, 2.05) is 0 Å². The van der Waals surface area contributed by atoms with Crippen LogP contribution < -0.4 is 0 Å². The normalized spacial score (nSPS) is 50.5. The number of ketones is 1. The fourth-order valence-electron chi connectivity index (χ4n) is 13.9. The molecule has 66 heavy (non-hydrogen) atoms. The van der Waals surface area contributed by atoms with E-state index in [0.29, 0.717) is 38.5 Å². The SMILES string of the molecule is CC1OC(OC2C(OC(C)(C)[C@@H](O)CC[C@@H](C)[C@H]3CC[C@@]4(C)[C@@H]5CC=C6[C@H](CC[C@@H](OC7OC(CO)C(O)C(O)C7O)C6(C)C)[C@]5(C)C(=O)C[C@]34C)OC(CO)C(O)C2O)C(O)C(O)C1O. The number of aliphatic hydroxyl groups is 11. The number of aliphatic hydroxyl groups excluding tert-OH is 11. The van der Waals surface area contributed by atoms with Crippen molar-refractivity contribution in [1.82, 2.24) is 0 Å². The first-order chi connectivity index (χ1) is 30.7. The largest absolute Gasteiger partial charge is 0.394 e. The van der Waals surface area contributed by atoms with Gasteiger partial charge in [0.1, 0.15) is 72.9 Å². The average Bonchev–Trinajstić information content (AvgIpc) is 3.53. The van der Waals surface area contributed by atoms with Gasteiger partial charge in [-0.15, -0.1) is 0 Å². The van der Waals surface area contributed by atoms with Gasteiger partial charge < -0.3 is 84.6 Å². The molecule has 0 spiro atoms. The highest BCUT2D eigenvalue weighted by Gasteiger charge is 2.70. The zero-order valence-corrected chi connectivity index (χ0v) is 40.0. The third kappa shape index (κ3) is 8.60. The second kappa shape index (κ2) is 19.1. The van der Waals surface area contributed by atoms with Crippen LogP contribution in [-0.2, 0) is 33.2 Å². The van der Waals surface area contributed by atoms with E-state index in [1.165, 1.54) is 6.92 Å². The van der Waals surface area contributed by atoms with Crippen LogP contribution in [0.5, 0.6) is 0 Å². The van der Waals surface area contributed by atoms with Crippen molar-refractivity contribution in [2.24, 2.45) is 45.3 Å². The number of carbonyl (C=O) groups excluding carboxylic acids is 1. The Balaban J connectivity index is 1.02. The molecular formula is C48H80O18. The van der Waals surface area contributed by atoms with Crippen molar-refractivity contribution in [3.63, 3.8) is 0 Å². The minimum Gasteiger partial charge on any atom is -0.394 e. The maximum absolute atomic E-state index is 15.0. The van der Waals surface area contributed by atoms with Crippen LogP contribution in [0.2, 0.25) is 0 Å². The number of allylic oxidation sites excluding steroid dienone is 1. The lowest BCUT2D eigenvalue weighted by atomic mass is 9.38. The molecule has 0 radical (unpaired) electrons. The van der Waals surface area contributed by atoms with Crippen molar-refractivity contribution in [2.75, 3.05) is 13.2 Å². The molecule has 3 saturated carbocycles. The van der Waals surface area contributed by atoms with Crippen molar-refractivity contribution < 1.29 is 89.4 Å². The number of carbonyl (C=O) groups is 1. The van der Waals surface area contributed by atoms with Crippen LogP contribution in [0.25, 0.3) is 0 Å². The van der Waals surface area contributed by atoms with Crippen molar-refractivity contribution in [3.8, 4) is 0 Å². The molecule has 0 aromatic carbocycles. The topological polar surface area (TPSA) is 295 Å². The van der Waals surface area contributed by atoms with E-state index in [0.717, 1.165) is 18.4 Å². The molecule has 0 aromatic rings. The highest BCUT2D eigenvalue weighted by atomic mass is 16.8. The molecule has 0 amide bonds. The highest BCUT2D eigenvalue weighted by Crippen LogP contribution is 2.74. The fourth-order valence-corrected chi connectivity index (χ4v) is 13.9. The second-order valence-corrected chi connectivity index (χ2v) is 22.8. The lowest BCUT2D eigenvalue weighted by molar-refractivity contribution is -0.378. The molecule has 11 N–H and O–H groups in total. The van der Waals surface area contributed by atoms with Crippen LogP contribution in [0.15, 0.2) is 11.6 Å². The first-order valence-corrected chi connectivity index (χ1v) is 24.2. The van der Waals surface area contributed by atoms with Crippen molar-refractivity contribution >= 4 is 5.78 Å². The standard InChI is InChI=1S/C48H80O18/c1-21(10-14-29(51)45(5,6)66-43-40(37(58)34(55)27(20-50)63-43)65-41-38(59)35(56)32(53)22(2)61-41)23-16-17-46(7)28-13-11-24-25(48(28,9)30(52)18-47(23,46)8)12-15-31(44(24,3)4)64-42-39(60)36(57)33(54)26(19-49)62-42/h11,21-23,25-29,31-43,49-51,53-60H,10,12-20H2,1-9H3/t21-,22?,23-,25+,26?,27?,28+,29+,31-,32?,33?,34?,35?,36?,37?,38?,39?,40?,41?,42?,43?,46+,47-,48+/m1/s1. The molecule has 380 valence electrons. The second-order valence-electron chi connectivity index (χ2n) is 22.8. The van der Waals surface area contributed by atoms with Crippen molar-refractivity contribution in [1.29, 1.82) is 0 Å². The molecule has 7 rings (SSSR count). The van der Waals surface area contributed by atoms with Gasteiger partial charge in [0, 0.05) is 17.3 Å². The summed E-state index contributed by atoms with van der Waals surface area (Å²) in [4.78, 5) is 15.0. The van der Waals surface area contributed by atoms with E-state index in [9.17, 15) is 61.0 Å². The van der Waals surface area contributed by atoms with E-state index in [-0.39, 0.29) is 40.3 Å². The van der Waals surface area contributed by atoms with Gasteiger partial charge in [0.2, 0.25) is 0 Å². The molecule has 3 heterocycles. The van der Waals surface area contributed by atoms with Crippen molar-refractivity contribution in [2.45, 2.75) is 224 Å². The Morgan fingerprint density at radius 2 is 1.30 bits per heavy atom. The van der Waals surface area contributed by atoms with Crippen LogP contribution >= 0.6 is 0 Å². The Morgan fingerprint density at radius 3 is 1.92 bits per heavy atom. The molecular weight excluding hydrogens is 865 g/mol. The third-order valence-corrected chi connectivity index (χ3v) is 18.5. The Bertz CT molecular complexity index is 1740. The fraction of sp³-hybridized carbons (Fsp3) is 0.938. The Hall–Kier alpha value is -1.27. The van der Waals surface area contributed by atoms with E-state index >= 15 is 0 Å². The summed E-state index contributed by atoms with van der Waals surface area (Å²) < 4.78 is 35.8. The molecule has 6 fully saturated rings. The number of hydrogen-bond acceptors (Lipinski definition) is 18. The zero-order chi connectivity index (χ0) is 48.8. The van der Waals surface area contributed by atoms with Crippen LogP contribution in [0.4, 0.5) is 0 Å².